The molecular formula is C19H20FNO3S. The van der Waals surface area contributed by atoms with E-state index < -0.39 is 21.7 Å². The van der Waals surface area contributed by atoms with Crippen LogP contribution < -0.4 is 0 Å². The zero-order valence-electron chi connectivity index (χ0n) is 14.0. The highest BCUT2D eigenvalue weighted by Crippen LogP contribution is 2.24. The Kier molecular flexibility index (Phi) is 4.90. The number of benzene rings is 2. The molecule has 0 saturated carbocycles. The SMILES string of the molecule is Cc1ccccc1C(=O)N(Cc1ccccc1F)[C@H]1CCS(=O)(=O)C1. The maximum absolute atomic E-state index is 14.1. The number of amides is 1. The summed E-state index contributed by atoms with van der Waals surface area (Å²) in [6.45, 7) is 1.89. The standard InChI is InChI=1S/C19H20FNO3S/c1-14-6-2-4-8-17(14)19(22)21(16-10-11-25(23,24)13-16)12-15-7-3-5-9-18(15)20/h2-9,16H,10-13H2,1H3/t16-/m0/s1. The second-order valence-electron chi connectivity index (χ2n) is 6.40. The molecule has 1 aliphatic rings. The van der Waals surface area contributed by atoms with Gasteiger partial charge in [0.1, 0.15) is 5.82 Å². The van der Waals surface area contributed by atoms with Crippen LogP contribution in [-0.2, 0) is 16.4 Å². The topological polar surface area (TPSA) is 54.5 Å². The molecule has 0 bridgehead atoms. The van der Waals surface area contributed by atoms with E-state index in [1.54, 1.807) is 30.3 Å². The number of sulfone groups is 1. The fourth-order valence-corrected chi connectivity index (χ4v) is 4.90. The Labute approximate surface area is 147 Å². The molecule has 25 heavy (non-hydrogen) atoms. The van der Waals surface area contributed by atoms with Crippen LogP contribution in [0.1, 0.15) is 27.9 Å². The molecule has 1 amide bonds. The molecule has 0 aromatic heterocycles. The van der Waals surface area contributed by atoms with Crippen LogP contribution in [0.15, 0.2) is 48.5 Å². The molecule has 1 heterocycles. The smallest absolute Gasteiger partial charge is 0.254 e. The monoisotopic (exact) mass is 361 g/mol. The van der Waals surface area contributed by atoms with Crippen molar-refractivity contribution in [3.8, 4) is 0 Å². The maximum Gasteiger partial charge on any atom is 0.254 e. The summed E-state index contributed by atoms with van der Waals surface area (Å²) in [6.07, 6.45) is 0.383. The van der Waals surface area contributed by atoms with Gasteiger partial charge in [-0.1, -0.05) is 36.4 Å². The average Bonchev–Trinajstić information content (AvgIpc) is 2.94. The van der Waals surface area contributed by atoms with Gasteiger partial charge in [-0.25, -0.2) is 12.8 Å². The molecule has 0 radical (unpaired) electrons. The van der Waals surface area contributed by atoms with Gasteiger partial charge < -0.3 is 4.90 Å². The normalized spacial score (nSPS) is 18.9. The van der Waals surface area contributed by atoms with Gasteiger partial charge in [0.25, 0.3) is 5.91 Å². The van der Waals surface area contributed by atoms with Gasteiger partial charge in [0.05, 0.1) is 11.5 Å². The van der Waals surface area contributed by atoms with Crippen molar-refractivity contribution in [1.82, 2.24) is 4.90 Å². The summed E-state index contributed by atoms with van der Waals surface area (Å²) in [4.78, 5) is 14.6. The molecule has 2 aromatic carbocycles. The summed E-state index contributed by atoms with van der Waals surface area (Å²) in [5.41, 5.74) is 1.71. The molecule has 0 N–H and O–H groups in total. The van der Waals surface area contributed by atoms with E-state index >= 15 is 0 Å². The highest BCUT2D eigenvalue weighted by atomic mass is 32.2. The number of hydrogen-bond donors (Lipinski definition) is 0. The molecular weight excluding hydrogens is 341 g/mol. The Balaban J connectivity index is 1.96. The lowest BCUT2D eigenvalue weighted by Gasteiger charge is -2.29. The third kappa shape index (κ3) is 3.90. The Morgan fingerprint density at radius 2 is 1.84 bits per heavy atom. The van der Waals surface area contributed by atoms with Gasteiger partial charge >= 0.3 is 0 Å². The predicted molar refractivity (Wildman–Crippen MR) is 94.5 cm³/mol. The lowest BCUT2D eigenvalue weighted by atomic mass is 10.0. The van der Waals surface area contributed by atoms with Crippen molar-refractivity contribution in [2.45, 2.75) is 25.9 Å². The maximum atomic E-state index is 14.1. The third-order valence-corrected chi connectivity index (χ3v) is 6.33. The van der Waals surface area contributed by atoms with Crippen LogP contribution in [0.2, 0.25) is 0 Å². The van der Waals surface area contributed by atoms with E-state index in [-0.39, 0.29) is 24.0 Å². The number of rotatable bonds is 4. The molecule has 2 aromatic rings. The molecule has 0 spiro atoms. The van der Waals surface area contributed by atoms with Crippen molar-refractivity contribution in [1.29, 1.82) is 0 Å². The van der Waals surface area contributed by atoms with Crippen LogP contribution in [0.5, 0.6) is 0 Å². The number of carbonyl (C=O) groups excluding carboxylic acids is 1. The molecule has 132 valence electrons. The Morgan fingerprint density at radius 1 is 1.16 bits per heavy atom. The first-order valence-electron chi connectivity index (χ1n) is 8.18. The first-order chi connectivity index (χ1) is 11.9. The van der Waals surface area contributed by atoms with E-state index in [0.717, 1.165) is 5.56 Å². The number of halogens is 1. The average molecular weight is 361 g/mol. The van der Waals surface area contributed by atoms with E-state index in [2.05, 4.69) is 0 Å². The first kappa shape index (κ1) is 17.6. The minimum Gasteiger partial charge on any atom is -0.330 e. The second kappa shape index (κ2) is 6.96. The summed E-state index contributed by atoms with van der Waals surface area (Å²) >= 11 is 0. The summed E-state index contributed by atoms with van der Waals surface area (Å²) in [7, 11) is -3.16. The summed E-state index contributed by atoms with van der Waals surface area (Å²) in [5, 5.41) is 0. The summed E-state index contributed by atoms with van der Waals surface area (Å²) in [5.74, 6) is -0.666. The fourth-order valence-electron chi connectivity index (χ4n) is 3.17. The Hall–Kier alpha value is -2.21. The van der Waals surface area contributed by atoms with Crippen molar-refractivity contribution in [2.75, 3.05) is 11.5 Å². The van der Waals surface area contributed by atoms with E-state index in [1.165, 1.54) is 11.0 Å². The first-order valence-corrected chi connectivity index (χ1v) is 10.00. The molecule has 6 heteroatoms. The van der Waals surface area contributed by atoms with Gasteiger partial charge in [-0.15, -0.1) is 0 Å². The second-order valence-corrected chi connectivity index (χ2v) is 8.62. The lowest BCUT2D eigenvalue weighted by Crippen LogP contribution is -2.41. The highest BCUT2D eigenvalue weighted by molar-refractivity contribution is 7.91. The fraction of sp³-hybridized carbons (Fsp3) is 0.316. The summed E-state index contributed by atoms with van der Waals surface area (Å²) < 4.78 is 37.8. The number of aryl methyl sites for hydroxylation is 1. The van der Waals surface area contributed by atoms with Crippen molar-refractivity contribution in [2.24, 2.45) is 0 Å². The van der Waals surface area contributed by atoms with E-state index in [9.17, 15) is 17.6 Å². The van der Waals surface area contributed by atoms with Crippen LogP contribution in [-0.4, -0.2) is 36.8 Å². The third-order valence-electron chi connectivity index (χ3n) is 4.58. The van der Waals surface area contributed by atoms with Crippen molar-refractivity contribution < 1.29 is 17.6 Å². The van der Waals surface area contributed by atoms with Crippen LogP contribution in [0.4, 0.5) is 4.39 Å². The predicted octanol–water partition coefficient (Wildman–Crippen LogP) is 2.96. The molecule has 1 fully saturated rings. The van der Waals surface area contributed by atoms with Gasteiger partial charge in [-0.3, -0.25) is 4.79 Å². The van der Waals surface area contributed by atoms with Crippen LogP contribution >= 0.6 is 0 Å². The molecule has 1 aliphatic heterocycles. The molecule has 1 atom stereocenters. The van der Waals surface area contributed by atoms with Crippen LogP contribution in [0.3, 0.4) is 0 Å². The number of hydrogen-bond acceptors (Lipinski definition) is 3. The zero-order chi connectivity index (χ0) is 18.0. The van der Waals surface area contributed by atoms with E-state index in [1.807, 2.05) is 19.1 Å². The molecule has 1 saturated heterocycles. The van der Waals surface area contributed by atoms with Crippen LogP contribution in [0, 0.1) is 12.7 Å². The Morgan fingerprint density at radius 3 is 2.48 bits per heavy atom. The van der Waals surface area contributed by atoms with Gasteiger partial charge in [0.2, 0.25) is 0 Å². The lowest BCUT2D eigenvalue weighted by molar-refractivity contribution is 0.0678. The van der Waals surface area contributed by atoms with Crippen molar-refractivity contribution in [3.05, 3.63) is 71.0 Å². The quantitative estimate of drug-likeness (QED) is 0.841. The van der Waals surface area contributed by atoms with Gasteiger partial charge in [0, 0.05) is 23.7 Å². The number of carbonyl (C=O) groups is 1. The molecule has 3 rings (SSSR count). The number of nitrogens with zero attached hydrogens (tertiary/aromatic N) is 1. The molecule has 4 nitrogen and oxygen atoms in total. The zero-order valence-corrected chi connectivity index (χ0v) is 14.8. The summed E-state index contributed by atoms with van der Waals surface area (Å²) in [6, 6.07) is 13.0. The van der Waals surface area contributed by atoms with Gasteiger partial charge in [-0.05, 0) is 31.0 Å². The molecule has 0 aliphatic carbocycles. The van der Waals surface area contributed by atoms with Crippen LogP contribution in [0.25, 0.3) is 0 Å². The highest BCUT2D eigenvalue weighted by Gasteiger charge is 2.35. The van der Waals surface area contributed by atoms with Crippen molar-refractivity contribution >= 4 is 15.7 Å². The largest absolute Gasteiger partial charge is 0.330 e. The van der Waals surface area contributed by atoms with E-state index in [0.29, 0.717) is 17.5 Å². The van der Waals surface area contributed by atoms with E-state index in [4.69, 9.17) is 0 Å². The van der Waals surface area contributed by atoms with Crippen molar-refractivity contribution in [3.63, 3.8) is 0 Å². The minimum atomic E-state index is -3.16. The molecule has 0 unspecified atom stereocenters. The van der Waals surface area contributed by atoms with Gasteiger partial charge in [-0.2, -0.15) is 0 Å². The minimum absolute atomic E-state index is 0.0556. The Bertz CT molecular complexity index is 895. The van der Waals surface area contributed by atoms with Gasteiger partial charge in [0.15, 0.2) is 9.84 Å².